The maximum absolute atomic E-state index is 15.9. The highest BCUT2D eigenvalue weighted by molar-refractivity contribution is 5.96. The summed E-state index contributed by atoms with van der Waals surface area (Å²) in [5.41, 5.74) is -7.00. The number of aliphatic hydroxyl groups is 3. The van der Waals surface area contributed by atoms with Crippen LogP contribution in [-0.2, 0) is 66.7 Å². The zero-order valence-electron chi connectivity index (χ0n) is 54.8. The van der Waals surface area contributed by atoms with E-state index in [1.807, 2.05) is 0 Å². The Kier molecular flexibility index (Phi) is 26.7. The quantitative estimate of drug-likeness (QED) is 0.0120. The van der Waals surface area contributed by atoms with Gasteiger partial charge in [-0.2, -0.15) is 0 Å². The van der Waals surface area contributed by atoms with Gasteiger partial charge in [-0.25, -0.2) is 4.79 Å². The second kappa shape index (κ2) is 33.8. The molecule has 0 aromatic heterocycles. The minimum Gasteiger partial charge on any atom is -0.469 e. The van der Waals surface area contributed by atoms with Crippen LogP contribution in [0.4, 0.5) is 0 Å². The van der Waals surface area contributed by atoms with Gasteiger partial charge in [-0.3, -0.25) is 33.6 Å². The summed E-state index contributed by atoms with van der Waals surface area (Å²) in [6, 6.07) is 23.4. The van der Waals surface area contributed by atoms with Crippen molar-refractivity contribution in [2.24, 2.45) is 16.7 Å². The summed E-state index contributed by atoms with van der Waals surface area (Å²) in [6.45, 7) is 8.51. The normalized spacial score (nSPS) is 25.6. The molecule has 0 radical (unpaired) electrons. The first-order valence-corrected chi connectivity index (χ1v) is 33.2. The largest absolute Gasteiger partial charge is 0.469 e. The van der Waals surface area contributed by atoms with Crippen molar-refractivity contribution >= 4 is 47.4 Å². The molecule has 2 amide bonds. The lowest BCUT2D eigenvalue weighted by Crippen LogP contribution is -2.81. The van der Waals surface area contributed by atoms with Gasteiger partial charge in [-0.15, -0.1) is 0 Å². The molecule has 12 atom stereocenters. The highest BCUT2D eigenvalue weighted by Crippen LogP contribution is 2.65. The summed E-state index contributed by atoms with van der Waals surface area (Å²) in [7, 11) is 1.43. The molecule has 1 aliphatic heterocycles. The molecule has 2 bridgehead atoms. The van der Waals surface area contributed by atoms with Crippen LogP contribution in [0.3, 0.4) is 0 Å². The molecule has 20 heteroatoms. The Morgan fingerprint density at radius 2 is 1.20 bits per heavy atom. The van der Waals surface area contributed by atoms with Crippen LogP contribution in [0.5, 0.6) is 0 Å². The minimum absolute atomic E-state index is 0.00729. The molecule has 504 valence electrons. The van der Waals surface area contributed by atoms with E-state index in [0.717, 1.165) is 51.9 Å². The fourth-order valence-corrected chi connectivity index (χ4v) is 14.3. The van der Waals surface area contributed by atoms with E-state index in [0.29, 0.717) is 44.2 Å². The van der Waals surface area contributed by atoms with E-state index >= 15 is 9.59 Å². The van der Waals surface area contributed by atoms with Crippen molar-refractivity contribution in [3.05, 3.63) is 119 Å². The van der Waals surface area contributed by atoms with Gasteiger partial charge in [0.1, 0.15) is 23.9 Å². The van der Waals surface area contributed by atoms with E-state index in [-0.39, 0.29) is 53.6 Å². The number of methoxy groups -OCH3 is 1. The average molecular weight is 1280 g/mol. The number of nitrogens with one attached hydrogen (secondary N) is 2. The zero-order valence-corrected chi connectivity index (χ0v) is 54.8. The number of esters is 5. The summed E-state index contributed by atoms with van der Waals surface area (Å²) in [5, 5.41) is 44.5. The van der Waals surface area contributed by atoms with Crippen molar-refractivity contribution in [3.8, 4) is 0 Å². The Balaban J connectivity index is 1.07. The molecule has 3 fully saturated rings. The first kappa shape index (κ1) is 72.6. The summed E-state index contributed by atoms with van der Waals surface area (Å²) in [6.07, 6.45) is 5.55. The fraction of sp³-hybridized carbons (Fsp3) is 0.611. The summed E-state index contributed by atoms with van der Waals surface area (Å²) >= 11 is 0. The molecule has 3 aromatic rings. The number of carbonyl (C=O) groups excluding carboxylic acids is 8. The number of hydrogen-bond donors (Lipinski definition) is 5. The number of unbranched alkanes of at least 4 members (excludes halogenated alkanes) is 15. The predicted octanol–water partition coefficient (Wildman–Crippen LogP) is 10.2. The van der Waals surface area contributed by atoms with Crippen LogP contribution in [0.2, 0.25) is 0 Å². The number of carbonyl (C=O) groups is 8. The lowest BCUT2D eigenvalue weighted by Gasteiger charge is -2.68. The Morgan fingerprint density at radius 3 is 1.73 bits per heavy atom. The number of fused-ring (bicyclic) bond motifs is 5. The van der Waals surface area contributed by atoms with Gasteiger partial charge in [0.15, 0.2) is 23.8 Å². The lowest BCUT2D eigenvalue weighted by atomic mass is 9.44. The highest BCUT2D eigenvalue weighted by atomic mass is 16.6. The molecule has 92 heavy (non-hydrogen) atoms. The minimum atomic E-state index is -2.41. The highest BCUT2D eigenvalue weighted by Gasteiger charge is 2.78. The molecule has 1 unspecified atom stereocenters. The standard InChI is InChI=1S/C72H98N2O18/c1-47-53(45-72(85)65(91-67(83)52-38-28-22-29-39-52)63-70(6,54(77)44-55-71(63,46-87-55)92-49(3)76)64(81)61(88-48(2)75)59(47)69(72,4)5)89-68(84)62(60(50-34-24-20-25-35-50)74-66(82)51-36-26-21-27-37-51)90-58(80)42-32-23-33-43-73-56(78)40-30-18-16-14-12-10-8-9-11-13-15-17-19-31-41-57(79)86-7/h20-22,24-29,34-39,53-55,60-63,65,67,77,83,85H,8-19,23,30-33,40-46H2,1-7H3,(H,73,78)(H,74,82)/t53-,54-,55+,60-,61+,62+,63-,65-,67?,70+,71-,72+/m0/s1. The lowest BCUT2D eigenvalue weighted by molar-refractivity contribution is -0.361. The molecule has 20 nitrogen and oxygen atoms in total. The van der Waals surface area contributed by atoms with Gasteiger partial charge >= 0.3 is 29.8 Å². The van der Waals surface area contributed by atoms with E-state index in [1.54, 1.807) is 112 Å². The molecule has 7 rings (SSSR count). The molecule has 1 heterocycles. The van der Waals surface area contributed by atoms with Crippen molar-refractivity contribution < 1.29 is 86.8 Å². The van der Waals surface area contributed by atoms with E-state index in [1.165, 1.54) is 65.9 Å². The van der Waals surface area contributed by atoms with Gasteiger partial charge in [-0.05, 0) is 68.4 Å². The SMILES string of the molecule is COC(=O)CCCCCCCCCCCCCCCCC(=O)NCCCCCC(=O)O[C@@H](C(=O)O[C@H]1C[C@@]2(O)[C@@H](OC(O)c3ccccc3)[C@@H]3[C@]4(OC(C)=O)CO[C@@H]4C[C@H](O)[C@@]3(C)C(=O)[C@H](OC(C)=O)C(=C1C)C2(C)C)[C@@H](NC(=O)c1ccccc1)c1ccccc1. The first-order chi connectivity index (χ1) is 44.0. The predicted molar refractivity (Wildman–Crippen MR) is 340 cm³/mol. The Bertz CT molecular complexity index is 2990. The monoisotopic (exact) mass is 1280 g/mol. The molecule has 0 spiro atoms. The topological polar surface area (TPSA) is 286 Å². The van der Waals surface area contributed by atoms with Crippen LogP contribution in [0.25, 0.3) is 0 Å². The molecule has 1 saturated heterocycles. The van der Waals surface area contributed by atoms with Gasteiger partial charge in [0, 0.05) is 75.0 Å². The summed E-state index contributed by atoms with van der Waals surface area (Å²) in [5.74, 6) is -6.86. The summed E-state index contributed by atoms with van der Waals surface area (Å²) < 4.78 is 42.3. The van der Waals surface area contributed by atoms with Crippen molar-refractivity contribution in [2.75, 3.05) is 20.3 Å². The second-order valence-electron chi connectivity index (χ2n) is 26.1. The van der Waals surface area contributed by atoms with E-state index < -0.39 is 119 Å². The van der Waals surface area contributed by atoms with Crippen LogP contribution < -0.4 is 10.6 Å². The number of aliphatic hydroxyl groups excluding tert-OH is 2. The van der Waals surface area contributed by atoms with E-state index in [4.69, 9.17) is 33.2 Å². The smallest absolute Gasteiger partial charge is 0.350 e. The molecule has 5 N–H and O–H groups in total. The fourth-order valence-electron chi connectivity index (χ4n) is 14.3. The number of benzene rings is 3. The molecule has 4 aliphatic rings. The number of rotatable bonds is 35. The Labute approximate surface area is 541 Å². The van der Waals surface area contributed by atoms with Gasteiger partial charge in [0.25, 0.3) is 5.91 Å². The molecule has 3 aromatic carbocycles. The Morgan fingerprint density at radius 1 is 0.674 bits per heavy atom. The molecule has 2 saturated carbocycles. The van der Waals surface area contributed by atoms with E-state index in [2.05, 4.69) is 10.6 Å². The van der Waals surface area contributed by atoms with Crippen molar-refractivity contribution in [3.63, 3.8) is 0 Å². The van der Waals surface area contributed by atoms with Crippen LogP contribution in [0.15, 0.2) is 102 Å². The van der Waals surface area contributed by atoms with Crippen LogP contribution >= 0.6 is 0 Å². The Hall–Kier alpha value is -6.84. The molecular formula is C72H98N2O18. The second-order valence-corrected chi connectivity index (χ2v) is 26.1. The van der Waals surface area contributed by atoms with Crippen molar-refractivity contribution in [2.45, 2.75) is 243 Å². The number of hydrogen-bond acceptors (Lipinski definition) is 18. The number of amides is 2. The van der Waals surface area contributed by atoms with Gasteiger partial charge in [0.05, 0.1) is 31.3 Å². The van der Waals surface area contributed by atoms with Crippen molar-refractivity contribution in [1.29, 1.82) is 0 Å². The van der Waals surface area contributed by atoms with Crippen LogP contribution in [0.1, 0.15) is 217 Å². The van der Waals surface area contributed by atoms with Gasteiger partial charge in [0.2, 0.25) is 12.0 Å². The van der Waals surface area contributed by atoms with Gasteiger partial charge in [-0.1, -0.05) is 176 Å². The number of Topliss-reactive ketones (excluding diaryl/α,β-unsaturated/α-hetero) is 1. The van der Waals surface area contributed by atoms with Crippen molar-refractivity contribution in [1.82, 2.24) is 10.6 Å². The number of ketones is 1. The number of ether oxygens (including phenoxy) is 7. The molecule has 3 aliphatic carbocycles. The third kappa shape index (κ3) is 17.7. The maximum Gasteiger partial charge on any atom is 0.350 e. The average Bonchev–Trinajstić information content (AvgIpc) is 0.671. The third-order valence-corrected chi connectivity index (χ3v) is 19.5. The zero-order chi connectivity index (χ0) is 66.6. The van der Waals surface area contributed by atoms with E-state index in [9.17, 15) is 44.1 Å². The maximum atomic E-state index is 15.9. The van der Waals surface area contributed by atoms with Crippen LogP contribution in [0, 0.1) is 16.7 Å². The third-order valence-electron chi connectivity index (χ3n) is 19.5. The first-order valence-electron chi connectivity index (χ1n) is 33.2. The van der Waals surface area contributed by atoms with Crippen LogP contribution in [-0.4, -0.2) is 131 Å². The molecular weight excluding hydrogens is 1180 g/mol. The van der Waals surface area contributed by atoms with Gasteiger partial charge < -0.3 is 59.1 Å². The summed E-state index contributed by atoms with van der Waals surface area (Å²) in [4.78, 5) is 110.